The molecule has 0 saturated carbocycles. The van der Waals surface area contributed by atoms with Gasteiger partial charge in [-0.2, -0.15) is 0 Å². The first-order valence-corrected chi connectivity index (χ1v) is 3.52. The van der Waals surface area contributed by atoms with Crippen LogP contribution in [0.2, 0.25) is 0 Å². The lowest BCUT2D eigenvalue weighted by atomic mass is 9.96. The van der Waals surface area contributed by atoms with Crippen LogP contribution < -0.4 is 10.8 Å². The standard InChI is InChI=1S/C7H14N2O3/c1-7(2,3)5(10)8-6(11)9-12-4/h1-4H3,(H2,8,9,10,11). The first kappa shape index (κ1) is 10.9. The van der Waals surface area contributed by atoms with Crippen molar-refractivity contribution >= 4 is 11.9 Å². The van der Waals surface area contributed by atoms with E-state index in [4.69, 9.17) is 0 Å². The van der Waals surface area contributed by atoms with Crippen LogP contribution in [0.4, 0.5) is 4.79 Å². The summed E-state index contributed by atoms with van der Waals surface area (Å²) in [5.41, 5.74) is 1.40. The molecule has 0 aromatic heterocycles. The molecule has 70 valence electrons. The number of rotatable bonds is 1. The van der Waals surface area contributed by atoms with Gasteiger partial charge in [-0.3, -0.25) is 14.9 Å². The van der Waals surface area contributed by atoms with Gasteiger partial charge in [0.1, 0.15) is 0 Å². The van der Waals surface area contributed by atoms with E-state index < -0.39 is 11.4 Å². The maximum Gasteiger partial charge on any atom is 0.345 e. The molecule has 0 aromatic rings. The summed E-state index contributed by atoms with van der Waals surface area (Å²) in [6, 6.07) is -0.655. The molecule has 0 spiro atoms. The van der Waals surface area contributed by atoms with Crippen molar-refractivity contribution in [3.63, 3.8) is 0 Å². The molecule has 0 aliphatic carbocycles. The fourth-order valence-electron chi connectivity index (χ4n) is 0.409. The largest absolute Gasteiger partial charge is 0.345 e. The maximum atomic E-state index is 11.1. The Morgan fingerprint density at radius 1 is 1.25 bits per heavy atom. The van der Waals surface area contributed by atoms with Crippen LogP contribution in [0.5, 0.6) is 0 Å². The molecular weight excluding hydrogens is 160 g/mol. The third kappa shape index (κ3) is 3.92. The van der Waals surface area contributed by atoms with E-state index >= 15 is 0 Å². The Kier molecular flexibility index (Phi) is 3.69. The predicted molar refractivity (Wildman–Crippen MR) is 43.1 cm³/mol. The van der Waals surface area contributed by atoms with Gasteiger partial charge in [0.25, 0.3) is 0 Å². The molecule has 0 aliphatic rings. The van der Waals surface area contributed by atoms with Crippen molar-refractivity contribution in [1.82, 2.24) is 10.8 Å². The normalized spacial score (nSPS) is 10.7. The lowest BCUT2D eigenvalue weighted by Gasteiger charge is -2.16. The van der Waals surface area contributed by atoms with Crippen LogP contribution in [-0.2, 0) is 9.63 Å². The summed E-state index contributed by atoms with van der Waals surface area (Å²) in [5, 5.41) is 2.11. The summed E-state index contributed by atoms with van der Waals surface area (Å²) in [6.07, 6.45) is 0. The Morgan fingerprint density at radius 2 is 1.75 bits per heavy atom. The summed E-state index contributed by atoms with van der Waals surface area (Å²) < 4.78 is 0. The summed E-state index contributed by atoms with van der Waals surface area (Å²) in [7, 11) is 1.29. The van der Waals surface area contributed by atoms with Gasteiger partial charge in [0, 0.05) is 5.41 Å². The lowest BCUT2D eigenvalue weighted by Crippen LogP contribution is -2.44. The summed E-state index contributed by atoms with van der Waals surface area (Å²) in [4.78, 5) is 26.2. The van der Waals surface area contributed by atoms with Gasteiger partial charge in [-0.1, -0.05) is 20.8 Å². The highest BCUT2D eigenvalue weighted by Gasteiger charge is 2.22. The van der Waals surface area contributed by atoms with E-state index in [-0.39, 0.29) is 5.91 Å². The number of urea groups is 1. The van der Waals surface area contributed by atoms with Crippen molar-refractivity contribution in [2.45, 2.75) is 20.8 Å². The molecule has 0 bridgehead atoms. The van der Waals surface area contributed by atoms with Crippen LogP contribution >= 0.6 is 0 Å². The molecule has 0 aromatic carbocycles. The first-order chi connectivity index (χ1) is 5.38. The fraction of sp³-hybridized carbons (Fsp3) is 0.714. The molecule has 0 saturated heterocycles. The zero-order chi connectivity index (χ0) is 9.78. The molecular formula is C7H14N2O3. The minimum Gasteiger partial charge on any atom is -0.276 e. The maximum absolute atomic E-state index is 11.1. The zero-order valence-corrected chi connectivity index (χ0v) is 7.72. The Labute approximate surface area is 71.4 Å². The summed E-state index contributed by atoms with van der Waals surface area (Å²) >= 11 is 0. The Hall–Kier alpha value is -1.10. The van der Waals surface area contributed by atoms with Crippen LogP contribution in [0.1, 0.15) is 20.8 Å². The monoisotopic (exact) mass is 174 g/mol. The molecule has 12 heavy (non-hydrogen) atoms. The molecule has 0 unspecified atom stereocenters. The van der Waals surface area contributed by atoms with Crippen LogP contribution in [0, 0.1) is 5.41 Å². The predicted octanol–water partition coefficient (Wildman–Crippen LogP) is 0.420. The Bertz CT molecular complexity index is 184. The molecule has 0 rings (SSSR count). The first-order valence-electron chi connectivity index (χ1n) is 3.52. The van der Waals surface area contributed by atoms with Crippen molar-refractivity contribution in [2.75, 3.05) is 7.11 Å². The molecule has 0 fully saturated rings. The minimum absolute atomic E-state index is 0.350. The molecule has 5 nitrogen and oxygen atoms in total. The van der Waals surface area contributed by atoms with Gasteiger partial charge >= 0.3 is 6.03 Å². The Balaban J connectivity index is 3.94. The van der Waals surface area contributed by atoms with E-state index in [0.29, 0.717) is 0 Å². The second-order valence-corrected chi connectivity index (χ2v) is 3.34. The van der Waals surface area contributed by atoms with E-state index in [9.17, 15) is 9.59 Å². The van der Waals surface area contributed by atoms with Gasteiger partial charge in [0.2, 0.25) is 5.91 Å². The smallest absolute Gasteiger partial charge is 0.276 e. The average Bonchev–Trinajstić information content (AvgIpc) is 1.85. The molecule has 0 heterocycles. The van der Waals surface area contributed by atoms with Crippen molar-refractivity contribution in [1.29, 1.82) is 0 Å². The van der Waals surface area contributed by atoms with Gasteiger partial charge in [-0.05, 0) is 0 Å². The third-order valence-corrected chi connectivity index (χ3v) is 1.10. The quantitative estimate of drug-likeness (QED) is 0.566. The number of hydrogen-bond donors (Lipinski definition) is 2. The van der Waals surface area contributed by atoms with Gasteiger partial charge in [0.15, 0.2) is 0 Å². The number of amides is 3. The van der Waals surface area contributed by atoms with Crippen LogP contribution in [-0.4, -0.2) is 19.0 Å². The average molecular weight is 174 g/mol. The number of carbonyl (C=O) groups excluding carboxylic acids is 2. The number of carbonyl (C=O) groups is 2. The summed E-state index contributed by atoms with van der Waals surface area (Å²) in [6.45, 7) is 5.13. The fourth-order valence-corrected chi connectivity index (χ4v) is 0.409. The molecule has 2 N–H and O–H groups in total. The Morgan fingerprint density at radius 3 is 2.08 bits per heavy atom. The molecule has 0 atom stereocenters. The molecule has 3 amide bonds. The second-order valence-electron chi connectivity index (χ2n) is 3.34. The lowest BCUT2D eigenvalue weighted by molar-refractivity contribution is -0.127. The van der Waals surface area contributed by atoms with Crippen LogP contribution in [0.25, 0.3) is 0 Å². The topological polar surface area (TPSA) is 67.4 Å². The van der Waals surface area contributed by atoms with E-state index in [1.54, 1.807) is 20.8 Å². The van der Waals surface area contributed by atoms with E-state index in [1.807, 2.05) is 5.48 Å². The second kappa shape index (κ2) is 4.06. The zero-order valence-electron chi connectivity index (χ0n) is 7.72. The number of hydrogen-bond acceptors (Lipinski definition) is 3. The molecule has 0 radical (unpaired) electrons. The van der Waals surface area contributed by atoms with Crippen molar-refractivity contribution < 1.29 is 14.4 Å². The number of imide groups is 1. The van der Waals surface area contributed by atoms with Gasteiger partial charge in [-0.25, -0.2) is 10.3 Å². The van der Waals surface area contributed by atoms with Gasteiger partial charge in [0.05, 0.1) is 7.11 Å². The summed E-state index contributed by atoms with van der Waals surface area (Å²) in [5.74, 6) is -0.350. The number of hydroxylamine groups is 1. The third-order valence-electron chi connectivity index (χ3n) is 1.10. The number of nitrogens with one attached hydrogen (secondary N) is 2. The highest BCUT2D eigenvalue weighted by Crippen LogP contribution is 2.11. The van der Waals surface area contributed by atoms with Crippen molar-refractivity contribution in [2.24, 2.45) is 5.41 Å². The van der Waals surface area contributed by atoms with Crippen molar-refractivity contribution in [3.05, 3.63) is 0 Å². The van der Waals surface area contributed by atoms with Crippen molar-refractivity contribution in [3.8, 4) is 0 Å². The van der Waals surface area contributed by atoms with Crippen LogP contribution in [0.15, 0.2) is 0 Å². The molecule has 5 heteroatoms. The van der Waals surface area contributed by atoms with E-state index in [1.165, 1.54) is 7.11 Å². The van der Waals surface area contributed by atoms with E-state index in [0.717, 1.165) is 0 Å². The van der Waals surface area contributed by atoms with Crippen LogP contribution in [0.3, 0.4) is 0 Å². The molecule has 0 aliphatic heterocycles. The minimum atomic E-state index is -0.655. The van der Waals surface area contributed by atoms with Gasteiger partial charge < -0.3 is 0 Å². The van der Waals surface area contributed by atoms with E-state index in [2.05, 4.69) is 10.2 Å². The van der Waals surface area contributed by atoms with Gasteiger partial charge in [-0.15, -0.1) is 0 Å². The highest BCUT2D eigenvalue weighted by molar-refractivity contribution is 5.96. The highest BCUT2D eigenvalue weighted by atomic mass is 16.6. The SMILES string of the molecule is CONC(=O)NC(=O)C(C)(C)C.